The van der Waals surface area contributed by atoms with Gasteiger partial charge in [0.2, 0.25) is 0 Å². The van der Waals surface area contributed by atoms with Crippen molar-refractivity contribution in [3.8, 4) is 34.3 Å². The summed E-state index contributed by atoms with van der Waals surface area (Å²) in [5.74, 6) is 3.48. The SMILES string of the molecule is Cc1ccc2c(N3CC[C@@H](NC(=O)OCC(C)C)C3)nc(-c3ccccc3O)nc2c1.Cc1ccc2c(N3CC[C@@H](NC(=O)OCC(C)C)C3)nc(-c3ccccc3O)nc2c1.[HH].[HH].[HH].[HH]. The molecule has 4 aromatic carbocycles. The highest BCUT2D eigenvalue weighted by atomic mass is 16.6. The first-order valence-electron chi connectivity index (χ1n) is 21.3. The zero-order chi connectivity index (χ0) is 43.9. The van der Waals surface area contributed by atoms with Crippen LogP contribution >= 0.6 is 0 Å². The van der Waals surface area contributed by atoms with Crippen LogP contribution in [0, 0.1) is 25.7 Å². The Bertz CT molecular complexity index is 2400. The van der Waals surface area contributed by atoms with E-state index in [9.17, 15) is 19.8 Å². The number of hydrogen-bond donors (Lipinski definition) is 4. The van der Waals surface area contributed by atoms with Crippen molar-refractivity contribution in [2.24, 2.45) is 11.8 Å². The molecule has 6 aromatic rings. The Kier molecular flexibility index (Phi) is 13.5. The van der Waals surface area contributed by atoms with Gasteiger partial charge < -0.3 is 40.1 Å². The standard InChI is InChI=1S/2C24H28N4O3.4H2/c2*1-15(2)14-31-24(30)25-17-10-11-28(13-17)23-18-9-8-16(3)12-20(18)26-22(27-23)19-6-4-5-7-21(19)29;;;;/h2*4-9,12,15,17,29H,10-11,13-14H2,1-3H3,(H,25,30);4*1H/t2*17-;;;;/m11..../s1. The molecule has 0 aliphatic carbocycles. The number of nitrogens with one attached hydrogen (secondary N) is 2. The number of aryl methyl sites for hydroxylation is 2. The second kappa shape index (κ2) is 19.3. The zero-order valence-electron chi connectivity index (χ0n) is 36.3. The summed E-state index contributed by atoms with van der Waals surface area (Å²) in [6.07, 6.45) is 0.859. The lowest BCUT2D eigenvalue weighted by molar-refractivity contribution is 0.129. The number of carbonyl (C=O) groups excluding carboxylic acids is 2. The summed E-state index contributed by atoms with van der Waals surface area (Å²) in [7, 11) is 0. The average molecular weight is 849 g/mol. The number of fused-ring (bicyclic) bond motifs is 2. The second-order valence-corrected chi connectivity index (χ2v) is 17.0. The quantitative estimate of drug-likeness (QED) is 0.103. The number of alkyl carbamates (subject to hydrolysis) is 2. The maximum atomic E-state index is 12.1. The normalized spacial score (nSPS) is 16.1. The van der Waals surface area contributed by atoms with Gasteiger partial charge in [-0.05, 0) is 98.2 Å². The fourth-order valence-electron chi connectivity index (χ4n) is 7.54. The van der Waals surface area contributed by atoms with Crippen LogP contribution in [-0.2, 0) is 9.47 Å². The number of phenols is 2. The van der Waals surface area contributed by atoms with Gasteiger partial charge in [-0.2, -0.15) is 0 Å². The van der Waals surface area contributed by atoms with Crippen molar-refractivity contribution in [3.63, 3.8) is 0 Å². The molecule has 2 aliphatic heterocycles. The first kappa shape index (κ1) is 43.4. The van der Waals surface area contributed by atoms with Crippen molar-refractivity contribution in [1.82, 2.24) is 30.6 Å². The topological polar surface area (TPSA) is 175 Å². The van der Waals surface area contributed by atoms with Gasteiger partial charge in [-0.1, -0.05) is 64.1 Å². The summed E-state index contributed by atoms with van der Waals surface area (Å²) in [5.41, 5.74) is 5.06. The number of hydrogen-bond acceptors (Lipinski definition) is 12. The van der Waals surface area contributed by atoms with E-state index in [4.69, 9.17) is 29.4 Å². The van der Waals surface area contributed by atoms with E-state index < -0.39 is 0 Å². The highest BCUT2D eigenvalue weighted by molar-refractivity contribution is 5.93. The van der Waals surface area contributed by atoms with E-state index in [-0.39, 0.29) is 41.5 Å². The predicted molar refractivity (Wildman–Crippen MR) is 251 cm³/mol. The Balaban J connectivity index is 0.000000330. The molecule has 62 heavy (non-hydrogen) atoms. The Hall–Kier alpha value is -6.70. The number of aromatic nitrogens is 4. The molecule has 2 saturated heterocycles. The molecule has 14 nitrogen and oxygen atoms in total. The van der Waals surface area contributed by atoms with Gasteiger partial charge in [-0.25, -0.2) is 29.5 Å². The number of aromatic hydroxyl groups is 2. The molecule has 0 saturated carbocycles. The van der Waals surface area contributed by atoms with E-state index in [0.29, 0.717) is 60.9 Å². The molecule has 14 heteroatoms. The minimum absolute atomic E-state index is 0. The lowest BCUT2D eigenvalue weighted by atomic mass is 10.1. The summed E-state index contributed by atoms with van der Waals surface area (Å²) >= 11 is 0. The van der Waals surface area contributed by atoms with Crippen molar-refractivity contribution in [2.75, 3.05) is 49.2 Å². The Morgan fingerprint density at radius 3 is 1.44 bits per heavy atom. The number of para-hydroxylation sites is 2. The average Bonchev–Trinajstić information content (AvgIpc) is 3.91. The summed E-state index contributed by atoms with van der Waals surface area (Å²) in [5, 5.41) is 28.5. The Labute approximate surface area is 368 Å². The molecule has 0 spiro atoms. The Morgan fingerprint density at radius 1 is 0.645 bits per heavy atom. The van der Waals surface area contributed by atoms with E-state index in [1.54, 1.807) is 24.3 Å². The number of amides is 2. The monoisotopic (exact) mass is 848 g/mol. The van der Waals surface area contributed by atoms with Crippen molar-refractivity contribution < 1.29 is 35.0 Å². The number of nitrogens with zero attached hydrogens (tertiary/aromatic N) is 6. The molecule has 2 fully saturated rings. The second-order valence-electron chi connectivity index (χ2n) is 17.0. The first-order chi connectivity index (χ1) is 29.8. The summed E-state index contributed by atoms with van der Waals surface area (Å²) in [6.45, 7) is 15.7. The van der Waals surface area contributed by atoms with Crippen LogP contribution in [0.3, 0.4) is 0 Å². The fraction of sp³-hybridized carbons (Fsp3) is 0.375. The molecule has 0 bridgehead atoms. The molecular formula is C48H64N8O6. The number of benzene rings is 4. The molecule has 4 heterocycles. The van der Waals surface area contributed by atoms with E-state index in [1.165, 1.54) is 0 Å². The van der Waals surface area contributed by atoms with Gasteiger partial charge in [-0.3, -0.25) is 0 Å². The van der Waals surface area contributed by atoms with E-state index in [0.717, 1.165) is 70.5 Å². The van der Waals surface area contributed by atoms with Crippen LogP contribution in [0.1, 0.15) is 57.4 Å². The molecular weight excluding hydrogens is 785 g/mol. The van der Waals surface area contributed by atoms with Crippen LogP contribution in [0.5, 0.6) is 11.5 Å². The number of phenolic OH excluding ortho intramolecular Hbond substituents is 2. The van der Waals surface area contributed by atoms with Crippen LogP contribution < -0.4 is 20.4 Å². The number of carbonyl (C=O) groups is 2. The summed E-state index contributed by atoms with van der Waals surface area (Å²) in [6, 6.07) is 26.4. The van der Waals surface area contributed by atoms with Crippen molar-refractivity contribution >= 4 is 45.6 Å². The maximum Gasteiger partial charge on any atom is 0.407 e. The van der Waals surface area contributed by atoms with Crippen LogP contribution in [0.15, 0.2) is 84.9 Å². The Morgan fingerprint density at radius 2 is 1.05 bits per heavy atom. The maximum absolute atomic E-state index is 12.1. The van der Waals surface area contributed by atoms with Crippen molar-refractivity contribution in [2.45, 2.75) is 66.5 Å². The molecule has 2 aromatic heterocycles. The molecule has 4 N–H and O–H groups in total. The van der Waals surface area contributed by atoms with E-state index in [2.05, 4.69) is 20.4 Å². The number of ether oxygens (including phenoxy) is 2. The van der Waals surface area contributed by atoms with Crippen LogP contribution in [-0.4, -0.2) is 93.8 Å². The van der Waals surface area contributed by atoms with E-state index in [1.807, 2.05) is 102 Å². The van der Waals surface area contributed by atoms with Crippen LogP contribution in [0.2, 0.25) is 0 Å². The molecule has 332 valence electrons. The van der Waals surface area contributed by atoms with Crippen LogP contribution in [0.4, 0.5) is 21.2 Å². The van der Waals surface area contributed by atoms with Gasteiger partial charge in [0.15, 0.2) is 11.6 Å². The number of anilines is 2. The summed E-state index contributed by atoms with van der Waals surface area (Å²) < 4.78 is 10.5. The van der Waals surface area contributed by atoms with Crippen molar-refractivity contribution in [1.29, 1.82) is 0 Å². The van der Waals surface area contributed by atoms with Gasteiger partial charge in [0.25, 0.3) is 0 Å². The summed E-state index contributed by atoms with van der Waals surface area (Å²) in [4.78, 5) is 47.6. The molecule has 2 amide bonds. The molecule has 2 atom stereocenters. The number of rotatable bonds is 10. The first-order valence-corrected chi connectivity index (χ1v) is 21.3. The fourth-order valence-corrected chi connectivity index (χ4v) is 7.54. The minimum atomic E-state index is -0.376. The van der Waals surface area contributed by atoms with Crippen molar-refractivity contribution in [3.05, 3.63) is 96.1 Å². The van der Waals surface area contributed by atoms with Gasteiger partial charge in [-0.15, -0.1) is 0 Å². The zero-order valence-corrected chi connectivity index (χ0v) is 36.3. The lowest BCUT2D eigenvalue weighted by Gasteiger charge is -2.21. The minimum Gasteiger partial charge on any atom is -0.507 e. The van der Waals surface area contributed by atoms with Crippen LogP contribution in [0.25, 0.3) is 44.6 Å². The van der Waals surface area contributed by atoms with Gasteiger partial charge >= 0.3 is 12.2 Å². The smallest absolute Gasteiger partial charge is 0.407 e. The molecule has 0 unspecified atom stereocenters. The third-order valence-corrected chi connectivity index (χ3v) is 10.7. The van der Waals surface area contributed by atoms with Gasteiger partial charge in [0, 0.05) is 42.7 Å². The largest absolute Gasteiger partial charge is 0.507 e. The van der Waals surface area contributed by atoms with E-state index >= 15 is 0 Å². The van der Waals surface area contributed by atoms with Gasteiger partial charge in [0.1, 0.15) is 23.1 Å². The third-order valence-electron chi connectivity index (χ3n) is 10.7. The lowest BCUT2D eigenvalue weighted by Crippen LogP contribution is -2.38. The molecule has 2 aliphatic rings. The third kappa shape index (κ3) is 10.6. The molecule has 8 rings (SSSR count). The molecule has 0 radical (unpaired) electrons. The predicted octanol–water partition coefficient (Wildman–Crippen LogP) is 9.53. The highest BCUT2D eigenvalue weighted by Crippen LogP contribution is 2.35. The van der Waals surface area contributed by atoms with Gasteiger partial charge in [0.05, 0.1) is 47.5 Å². The highest BCUT2D eigenvalue weighted by Gasteiger charge is 2.29.